The lowest BCUT2D eigenvalue weighted by Crippen LogP contribution is -2.34. The number of hydrogen-bond acceptors (Lipinski definition) is 1. The van der Waals surface area contributed by atoms with Crippen LogP contribution in [0.2, 0.25) is 0 Å². The quantitative estimate of drug-likeness (QED) is 0.910. The summed E-state index contributed by atoms with van der Waals surface area (Å²) < 4.78 is 26.7. The molecular formula is C18H19F2NO. The fraction of sp³-hybridized carbons (Fsp3) is 0.278. The van der Waals surface area contributed by atoms with Gasteiger partial charge in [0, 0.05) is 6.04 Å². The van der Waals surface area contributed by atoms with E-state index in [0.29, 0.717) is 6.42 Å². The van der Waals surface area contributed by atoms with Crippen LogP contribution >= 0.6 is 0 Å². The van der Waals surface area contributed by atoms with Gasteiger partial charge in [-0.3, -0.25) is 4.79 Å². The van der Waals surface area contributed by atoms with Crippen molar-refractivity contribution in [3.05, 3.63) is 70.3 Å². The predicted octanol–water partition coefficient (Wildman–Crippen LogP) is 3.94. The predicted molar refractivity (Wildman–Crippen MR) is 82.9 cm³/mol. The molecule has 0 aromatic heterocycles. The third-order valence-electron chi connectivity index (χ3n) is 3.57. The van der Waals surface area contributed by atoms with Crippen LogP contribution in [0.5, 0.6) is 0 Å². The maximum Gasteiger partial charge on any atom is 0.254 e. The molecule has 2 nitrogen and oxygen atoms in total. The molecule has 0 saturated carbocycles. The normalized spacial score (nSPS) is 12.0. The van der Waals surface area contributed by atoms with Gasteiger partial charge in [-0.2, -0.15) is 0 Å². The molecule has 1 N–H and O–H groups in total. The van der Waals surface area contributed by atoms with E-state index in [0.717, 1.165) is 29.3 Å². The van der Waals surface area contributed by atoms with E-state index in [1.54, 1.807) is 0 Å². The van der Waals surface area contributed by atoms with Gasteiger partial charge < -0.3 is 5.32 Å². The standard InChI is InChI=1S/C18H19F2NO/c1-11-4-5-14(12(2)8-11)9-13(3)21-18(22)16-10-15(19)6-7-17(16)20/h4-8,10,13H,9H2,1-3H3,(H,21,22). The molecule has 1 unspecified atom stereocenters. The number of amides is 1. The highest BCUT2D eigenvalue weighted by atomic mass is 19.1. The van der Waals surface area contributed by atoms with Crippen LogP contribution in [0.1, 0.15) is 34.0 Å². The van der Waals surface area contributed by atoms with Crippen molar-refractivity contribution in [2.24, 2.45) is 0 Å². The Bertz CT molecular complexity index is 697. The zero-order chi connectivity index (χ0) is 16.3. The summed E-state index contributed by atoms with van der Waals surface area (Å²) in [5.74, 6) is -1.96. The summed E-state index contributed by atoms with van der Waals surface area (Å²) in [5, 5.41) is 2.71. The first-order valence-corrected chi connectivity index (χ1v) is 7.19. The highest BCUT2D eigenvalue weighted by molar-refractivity contribution is 5.94. The zero-order valence-electron chi connectivity index (χ0n) is 12.9. The molecule has 0 saturated heterocycles. The molecule has 4 heteroatoms. The minimum Gasteiger partial charge on any atom is -0.349 e. The number of aryl methyl sites for hydroxylation is 2. The number of nitrogens with one attached hydrogen (secondary N) is 1. The topological polar surface area (TPSA) is 29.1 Å². The molecule has 0 aliphatic rings. The molecule has 1 atom stereocenters. The Morgan fingerprint density at radius 2 is 1.86 bits per heavy atom. The van der Waals surface area contributed by atoms with Gasteiger partial charge in [-0.1, -0.05) is 23.8 Å². The van der Waals surface area contributed by atoms with Gasteiger partial charge in [0.2, 0.25) is 0 Å². The van der Waals surface area contributed by atoms with Gasteiger partial charge >= 0.3 is 0 Å². The van der Waals surface area contributed by atoms with Crippen molar-refractivity contribution in [2.75, 3.05) is 0 Å². The van der Waals surface area contributed by atoms with Gasteiger partial charge in [-0.25, -0.2) is 8.78 Å². The molecule has 1 amide bonds. The van der Waals surface area contributed by atoms with Gasteiger partial charge in [0.05, 0.1) is 5.56 Å². The third kappa shape index (κ3) is 3.91. The summed E-state index contributed by atoms with van der Waals surface area (Å²) >= 11 is 0. The lowest BCUT2D eigenvalue weighted by atomic mass is 10.00. The maximum absolute atomic E-state index is 13.6. The number of hydrogen-bond donors (Lipinski definition) is 1. The third-order valence-corrected chi connectivity index (χ3v) is 3.57. The fourth-order valence-corrected chi connectivity index (χ4v) is 2.43. The first kappa shape index (κ1) is 16.1. The summed E-state index contributed by atoms with van der Waals surface area (Å²) in [6.07, 6.45) is 0.634. The molecule has 0 bridgehead atoms. The average molecular weight is 303 g/mol. The second-order valence-electron chi connectivity index (χ2n) is 5.63. The van der Waals surface area contributed by atoms with E-state index < -0.39 is 17.5 Å². The largest absolute Gasteiger partial charge is 0.349 e. The van der Waals surface area contributed by atoms with Crippen molar-refractivity contribution in [2.45, 2.75) is 33.2 Å². The number of rotatable bonds is 4. The first-order valence-electron chi connectivity index (χ1n) is 7.19. The summed E-state index contributed by atoms with van der Waals surface area (Å²) in [6.45, 7) is 5.88. The van der Waals surface area contributed by atoms with Crippen molar-refractivity contribution >= 4 is 5.91 Å². The second-order valence-corrected chi connectivity index (χ2v) is 5.63. The van der Waals surface area contributed by atoms with Crippen molar-refractivity contribution in [1.82, 2.24) is 5.32 Å². The molecule has 0 fully saturated rings. The van der Waals surface area contributed by atoms with Gasteiger partial charge in [0.15, 0.2) is 0 Å². The number of carbonyl (C=O) groups is 1. The van der Waals surface area contributed by atoms with E-state index in [4.69, 9.17) is 0 Å². The average Bonchev–Trinajstić information content (AvgIpc) is 2.44. The Labute approximate surface area is 129 Å². The molecule has 2 rings (SSSR count). The fourth-order valence-electron chi connectivity index (χ4n) is 2.43. The van der Waals surface area contributed by atoms with Gasteiger partial charge in [-0.05, 0) is 56.5 Å². The summed E-state index contributed by atoms with van der Waals surface area (Å²) in [4.78, 5) is 12.0. The molecule has 116 valence electrons. The van der Waals surface area contributed by atoms with Crippen LogP contribution in [0, 0.1) is 25.5 Å². The molecule has 22 heavy (non-hydrogen) atoms. The Kier molecular flexibility index (Phi) is 4.91. The SMILES string of the molecule is Cc1ccc(CC(C)NC(=O)c2cc(F)ccc2F)c(C)c1. The van der Waals surface area contributed by atoms with Crippen LogP contribution in [0.3, 0.4) is 0 Å². The molecule has 2 aromatic rings. The van der Waals surface area contributed by atoms with E-state index in [9.17, 15) is 13.6 Å². The van der Waals surface area contributed by atoms with E-state index in [-0.39, 0.29) is 11.6 Å². The maximum atomic E-state index is 13.6. The summed E-state index contributed by atoms with van der Waals surface area (Å²) in [5.41, 5.74) is 3.18. The zero-order valence-corrected chi connectivity index (χ0v) is 12.9. The molecular weight excluding hydrogens is 284 g/mol. The number of carbonyl (C=O) groups excluding carboxylic acids is 1. The Morgan fingerprint density at radius 3 is 2.55 bits per heavy atom. The minimum absolute atomic E-state index is 0.184. The van der Waals surface area contributed by atoms with E-state index in [2.05, 4.69) is 11.4 Å². The van der Waals surface area contributed by atoms with Crippen LogP contribution in [-0.2, 0) is 6.42 Å². The highest BCUT2D eigenvalue weighted by Gasteiger charge is 2.15. The van der Waals surface area contributed by atoms with Crippen LogP contribution in [0.4, 0.5) is 8.78 Å². The van der Waals surface area contributed by atoms with E-state index in [1.165, 1.54) is 5.56 Å². The molecule has 0 aliphatic carbocycles. The van der Waals surface area contributed by atoms with Crippen LogP contribution < -0.4 is 5.32 Å². The Morgan fingerprint density at radius 1 is 1.14 bits per heavy atom. The first-order chi connectivity index (χ1) is 10.4. The van der Waals surface area contributed by atoms with Crippen LogP contribution in [0.25, 0.3) is 0 Å². The minimum atomic E-state index is -0.724. The Balaban J connectivity index is 2.06. The van der Waals surface area contributed by atoms with Crippen molar-refractivity contribution in [1.29, 1.82) is 0 Å². The van der Waals surface area contributed by atoms with Gasteiger partial charge in [-0.15, -0.1) is 0 Å². The van der Waals surface area contributed by atoms with Gasteiger partial charge in [0.25, 0.3) is 5.91 Å². The van der Waals surface area contributed by atoms with Crippen LogP contribution in [0.15, 0.2) is 36.4 Å². The molecule has 0 aliphatic heterocycles. The van der Waals surface area contributed by atoms with Crippen molar-refractivity contribution in [3.8, 4) is 0 Å². The number of benzene rings is 2. The monoisotopic (exact) mass is 303 g/mol. The molecule has 0 heterocycles. The number of halogens is 2. The van der Waals surface area contributed by atoms with Crippen molar-refractivity contribution in [3.63, 3.8) is 0 Å². The lowest BCUT2D eigenvalue weighted by Gasteiger charge is -2.16. The van der Waals surface area contributed by atoms with Gasteiger partial charge in [0.1, 0.15) is 11.6 Å². The highest BCUT2D eigenvalue weighted by Crippen LogP contribution is 2.14. The van der Waals surface area contributed by atoms with Crippen LogP contribution in [-0.4, -0.2) is 11.9 Å². The molecule has 0 spiro atoms. The smallest absolute Gasteiger partial charge is 0.254 e. The lowest BCUT2D eigenvalue weighted by molar-refractivity contribution is 0.0935. The Hall–Kier alpha value is -2.23. The summed E-state index contributed by atoms with van der Waals surface area (Å²) in [6, 6.07) is 8.80. The molecule has 0 radical (unpaired) electrons. The summed E-state index contributed by atoms with van der Waals surface area (Å²) in [7, 11) is 0. The van der Waals surface area contributed by atoms with E-state index in [1.807, 2.05) is 32.9 Å². The van der Waals surface area contributed by atoms with Crippen molar-refractivity contribution < 1.29 is 13.6 Å². The second kappa shape index (κ2) is 6.69. The molecule has 2 aromatic carbocycles. The van der Waals surface area contributed by atoms with E-state index >= 15 is 0 Å².